The molecule has 9 unspecified atom stereocenters. The number of ketones is 1. The van der Waals surface area contributed by atoms with Crippen molar-refractivity contribution < 1.29 is 138 Å². The molecule has 1 heterocycles. The fourth-order valence-corrected chi connectivity index (χ4v) is 9.41. The van der Waals surface area contributed by atoms with E-state index in [4.69, 9.17) is 9.47 Å². The van der Waals surface area contributed by atoms with E-state index in [1.54, 1.807) is 88.4 Å². The average Bonchev–Trinajstić information content (AvgIpc) is 3.07. The third-order valence-electron chi connectivity index (χ3n) is 12.2. The molecule has 0 spiro atoms. The van der Waals surface area contributed by atoms with Crippen molar-refractivity contribution >= 4 is 17.7 Å². The predicted octanol–water partition coefficient (Wildman–Crippen LogP) is 2.39. The summed E-state index contributed by atoms with van der Waals surface area (Å²) >= 11 is 0. The van der Waals surface area contributed by atoms with Gasteiger partial charge in [0.05, 0.1) is 35.9 Å². The van der Waals surface area contributed by atoms with Crippen LogP contribution in [0.25, 0.3) is 0 Å². The number of hydrogen-bond donors (Lipinski definition) is 6. The zero-order chi connectivity index (χ0) is 35.7. The van der Waals surface area contributed by atoms with Gasteiger partial charge in [0.2, 0.25) is 0 Å². The van der Waals surface area contributed by atoms with Crippen LogP contribution in [0.3, 0.4) is 0 Å². The van der Waals surface area contributed by atoms with Crippen LogP contribution in [0.2, 0.25) is 0 Å². The summed E-state index contributed by atoms with van der Waals surface area (Å²) in [4.78, 5) is 41.4. The minimum Gasteiger partial charge on any atom is -0.456 e. The molecule has 51 heavy (non-hydrogen) atoms. The molecule has 1 amide bonds. The van der Waals surface area contributed by atoms with E-state index in [0.29, 0.717) is 16.7 Å². The topological polar surface area (TPSA) is 183 Å². The minimum absolute atomic E-state index is 0. The average molecular weight is 1130 g/mol. The second-order valence-corrected chi connectivity index (χ2v) is 15.3. The molecule has 4 aliphatic rings. The van der Waals surface area contributed by atoms with Crippen LogP contribution in [0, 0.1) is 111 Å². The zero-order valence-corrected chi connectivity index (χ0v) is 39.1. The molecule has 11 nitrogen and oxygen atoms in total. The van der Waals surface area contributed by atoms with E-state index in [2.05, 4.69) is 5.32 Å². The standard InChI is InChI=1S/C38H47NO10.2Ac/c1-20-17-37(46)18-24(49-34(45)30(42)28(22-12-8-6-9-13-22)39-33(44)23-14-10-7-11-15-23)21(2)27(35(37,3)4)29(41)32(43)36(5)25(40)16-26-38(47,19-48-26)31(20)36;;/h6-15,20,24-26,28-31,40-42,46-47H,16-19H2,1-5H3,(H,39,44);;/t20?,24?,25?,26?,28?,29?,30?,31?,36-,37?,38+;;/m1../s1. The van der Waals surface area contributed by atoms with Crippen LogP contribution in [-0.2, 0) is 19.1 Å². The molecule has 2 radical (unpaired) electrons. The maximum absolute atomic E-state index is 14.5. The number of carbonyl (C=O) groups excluding carboxylic acids is 3. The third-order valence-corrected chi connectivity index (χ3v) is 12.2. The van der Waals surface area contributed by atoms with E-state index in [1.807, 2.05) is 6.92 Å². The van der Waals surface area contributed by atoms with Crippen molar-refractivity contribution in [2.75, 3.05) is 6.61 Å². The maximum Gasteiger partial charge on any atom is 0.338 e. The van der Waals surface area contributed by atoms with E-state index < -0.39 is 88.1 Å². The molecular weight excluding hydrogens is 1080 g/mol. The Hall–Kier alpha value is -0.567. The van der Waals surface area contributed by atoms with Crippen LogP contribution in [0.1, 0.15) is 75.8 Å². The van der Waals surface area contributed by atoms with Crippen molar-refractivity contribution in [2.24, 2.45) is 22.7 Å². The number of benzene rings is 2. The molecular formula is C38H47Ac2NO10. The largest absolute Gasteiger partial charge is 0.456 e. The Morgan fingerprint density at radius 2 is 1.55 bits per heavy atom. The quantitative estimate of drug-likeness (QED) is 0.186. The summed E-state index contributed by atoms with van der Waals surface area (Å²) in [6, 6.07) is 15.7. The van der Waals surface area contributed by atoms with Crippen LogP contribution in [0.4, 0.5) is 0 Å². The van der Waals surface area contributed by atoms with Crippen molar-refractivity contribution in [1.29, 1.82) is 0 Å². The zero-order valence-electron chi connectivity index (χ0n) is 29.7. The van der Waals surface area contributed by atoms with Crippen molar-refractivity contribution in [1.82, 2.24) is 5.32 Å². The van der Waals surface area contributed by atoms with E-state index >= 15 is 0 Å². The van der Waals surface area contributed by atoms with Crippen LogP contribution in [0.15, 0.2) is 71.8 Å². The van der Waals surface area contributed by atoms with Gasteiger partial charge in [-0.15, -0.1) is 0 Å². The second-order valence-electron chi connectivity index (χ2n) is 15.3. The second kappa shape index (κ2) is 15.9. The first-order valence-electron chi connectivity index (χ1n) is 16.9. The van der Waals surface area contributed by atoms with Gasteiger partial charge in [0.1, 0.15) is 17.8 Å². The fourth-order valence-electron chi connectivity index (χ4n) is 9.41. The van der Waals surface area contributed by atoms with Gasteiger partial charge < -0.3 is 40.3 Å². The molecule has 2 saturated carbocycles. The van der Waals surface area contributed by atoms with Crippen LogP contribution in [-0.4, -0.2) is 91.5 Å². The number of amides is 1. The number of ether oxygens (including phenoxy) is 2. The number of rotatable bonds is 6. The maximum atomic E-state index is 14.5. The van der Waals surface area contributed by atoms with Gasteiger partial charge in [-0.2, -0.15) is 0 Å². The molecule has 3 aliphatic carbocycles. The van der Waals surface area contributed by atoms with Gasteiger partial charge in [-0.25, -0.2) is 4.79 Å². The van der Waals surface area contributed by atoms with Gasteiger partial charge in [-0.05, 0) is 55.0 Å². The summed E-state index contributed by atoms with van der Waals surface area (Å²) < 4.78 is 11.5. The van der Waals surface area contributed by atoms with E-state index in [1.165, 1.54) is 0 Å². The van der Waals surface area contributed by atoms with E-state index in [0.717, 1.165) is 0 Å². The van der Waals surface area contributed by atoms with Gasteiger partial charge in [0.25, 0.3) is 5.91 Å². The minimum atomic E-state index is -1.86. The molecule has 270 valence electrons. The Balaban J connectivity index is 0.00000292. The number of hydrogen-bond acceptors (Lipinski definition) is 10. The van der Waals surface area contributed by atoms with Crippen molar-refractivity contribution in [3.05, 3.63) is 82.9 Å². The Kier molecular flexibility index (Phi) is 13.4. The van der Waals surface area contributed by atoms with Crippen LogP contribution < -0.4 is 5.32 Å². The van der Waals surface area contributed by atoms with Gasteiger partial charge in [0.15, 0.2) is 11.9 Å². The van der Waals surface area contributed by atoms with Gasteiger partial charge >= 0.3 is 5.97 Å². The Bertz CT molecular complexity index is 1660. The normalized spacial score (nSPS) is 36.5. The smallest absolute Gasteiger partial charge is 0.338 e. The van der Waals surface area contributed by atoms with Crippen LogP contribution >= 0.6 is 0 Å². The number of nitrogens with one attached hydrogen (secondary N) is 1. The molecule has 2 bridgehead atoms. The first-order chi connectivity index (χ1) is 23.0. The summed E-state index contributed by atoms with van der Waals surface area (Å²) in [5.74, 6) is -3.68. The Labute approximate surface area is 370 Å². The molecule has 1 aliphatic heterocycles. The molecule has 6 N–H and O–H groups in total. The SMILES string of the molecule is CC1=C2C(O)C(=O)[C@]3(C)C(O)CC4OC[C@@]4(O)C3C(C)CC(O)(CC1OC(=O)C(O)C(NC(=O)c1ccccc1)c1ccccc1)C2(C)C.[Ac].[Ac]. The van der Waals surface area contributed by atoms with Crippen LogP contribution in [0.5, 0.6) is 0 Å². The number of esters is 1. The molecule has 13 heteroatoms. The number of Topliss-reactive ketones (excluding diaryl/α,β-unsaturated/α-hetero) is 1. The van der Waals surface area contributed by atoms with E-state index in [9.17, 15) is 39.9 Å². The molecule has 3 fully saturated rings. The Morgan fingerprint density at radius 1 is 0.961 bits per heavy atom. The van der Waals surface area contributed by atoms with Crippen molar-refractivity contribution in [2.45, 2.75) is 102 Å². The summed E-state index contributed by atoms with van der Waals surface area (Å²) in [7, 11) is 0. The molecule has 11 atom stereocenters. The first kappa shape index (κ1) is 43.2. The summed E-state index contributed by atoms with van der Waals surface area (Å²) in [6.07, 6.45) is -6.82. The molecule has 0 aromatic heterocycles. The number of carbonyl (C=O) groups is 3. The van der Waals surface area contributed by atoms with Gasteiger partial charge in [-0.3, -0.25) is 9.59 Å². The van der Waals surface area contributed by atoms with Crippen molar-refractivity contribution in [3.63, 3.8) is 0 Å². The monoisotopic (exact) mass is 1130 g/mol. The van der Waals surface area contributed by atoms with Gasteiger partial charge in [-0.1, -0.05) is 69.3 Å². The van der Waals surface area contributed by atoms with Crippen molar-refractivity contribution in [3.8, 4) is 0 Å². The summed E-state index contributed by atoms with van der Waals surface area (Å²) in [5, 5.41) is 61.9. The number of fused-ring (bicyclic) bond motifs is 5. The first-order valence-corrected chi connectivity index (χ1v) is 16.9. The fraction of sp³-hybridized carbons (Fsp3) is 0.553. The molecule has 6 rings (SSSR count). The Morgan fingerprint density at radius 3 is 2.12 bits per heavy atom. The molecule has 2 aromatic rings. The van der Waals surface area contributed by atoms with E-state index in [-0.39, 0.29) is 120 Å². The molecule has 2 aromatic carbocycles. The molecule has 1 saturated heterocycles. The number of aliphatic hydroxyl groups excluding tert-OH is 3. The third kappa shape index (κ3) is 7.18. The summed E-state index contributed by atoms with van der Waals surface area (Å²) in [5.41, 5.74) is -4.61. The summed E-state index contributed by atoms with van der Waals surface area (Å²) in [6.45, 7) is 8.41. The van der Waals surface area contributed by atoms with Gasteiger partial charge in [0, 0.05) is 118 Å². The number of aliphatic hydroxyl groups is 5. The predicted molar refractivity (Wildman–Crippen MR) is 177 cm³/mol.